The quantitative estimate of drug-likeness (QED) is 0.607. The predicted molar refractivity (Wildman–Crippen MR) is 98.2 cm³/mol. The van der Waals surface area contributed by atoms with Gasteiger partial charge in [0.2, 0.25) is 0 Å². The highest BCUT2D eigenvalue weighted by Crippen LogP contribution is 2.30. The first-order chi connectivity index (χ1) is 12.7. The molecule has 27 heavy (non-hydrogen) atoms. The third-order valence-corrected chi connectivity index (χ3v) is 3.56. The topological polar surface area (TPSA) is 68.2 Å². The summed E-state index contributed by atoms with van der Waals surface area (Å²) < 4.78 is 38.2. The second-order valence-corrected chi connectivity index (χ2v) is 5.79. The third-order valence-electron chi connectivity index (χ3n) is 3.56. The molecule has 0 radical (unpaired) electrons. The van der Waals surface area contributed by atoms with Crippen LogP contribution in [0.4, 0.5) is 30.2 Å². The van der Waals surface area contributed by atoms with Crippen LogP contribution < -0.4 is 15.5 Å². The fraction of sp³-hybridized carbons (Fsp3) is 0.158. The maximum Gasteiger partial charge on any atom is 0.416 e. The number of hydrogen-bond acceptors (Lipinski definition) is 4. The van der Waals surface area contributed by atoms with Crippen molar-refractivity contribution >= 4 is 23.0 Å². The van der Waals surface area contributed by atoms with Crippen molar-refractivity contribution in [1.29, 1.82) is 5.26 Å². The highest BCUT2D eigenvalue weighted by molar-refractivity contribution is 6.06. The summed E-state index contributed by atoms with van der Waals surface area (Å²) in [5.74, 6) is -0.812. The minimum absolute atomic E-state index is 0.0504. The lowest BCUT2D eigenvalue weighted by molar-refractivity contribution is -0.137. The van der Waals surface area contributed by atoms with Crippen molar-refractivity contribution in [2.45, 2.75) is 6.18 Å². The molecule has 0 bridgehead atoms. The van der Waals surface area contributed by atoms with Crippen molar-refractivity contribution in [3.8, 4) is 6.07 Å². The van der Waals surface area contributed by atoms with Crippen LogP contribution in [-0.4, -0.2) is 20.0 Å². The molecule has 1 amide bonds. The van der Waals surface area contributed by atoms with Crippen LogP contribution in [0.15, 0.2) is 60.3 Å². The number of anilines is 3. The zero-order valence-electron chi connectivity index (χ0n) is 14.6. The van der Waals surface area contributed by atoms with Gasteiger partial charge in [0.15, 0.2) is 0 Å². The van der Waals surface area contributed by atoms with Crippen LogP contribution in [-0.2, 0) is 11.0 Å². The Morgan fingerprint density at radius 1 is 1.11 bits per heavy atom. The molecule has 0 aliphatic heterocycles. The van der Waals surface area contributed by atoms with E-state index in [1.807, 2.05) is 31.1 Å². The van der Waals surface area contributed by atoms with Crippen molar-refractivity contribution in [2.24, 2.45) is 0 Å². The van der Waals surface area contributed by atoms with E-state index in [1.165, 1.54) is 18.3 Å². The number of carbonyl (C=O) groups is 1. The molecule has 140 valence electrons. The van der Waals surface area contributed by atoms with Crippen molar-refractivity contribution in [3.05, 3.63) is 65.9 Å². The molecule has 0 saturated carbocycles. The normalized spacial score (nSPS) is 11.5. The van der Waals surface area contributed by atoms with E-state index in [0.717, 1.165) is 17.8 Å². The number of nitrogens with zero attached hydrogens (tertiary/aromatic N) is 2. The summed E-state index contributed by atoms with van der Waals surface area (Å²) in [6.07, 6.45) is -3.31. The van der Waals surface area contributed by atoms with Gasteiger partial charge in [0, 0.05) is 37.4 Å². The summed E-state index contributed by atoms with van der Waals surface area (Å²) in [4.78, 5) is 14.1. The fourth-order valence-electron chi connectivity index (χ4n) is 2.15. The van der Waals surface area contributed by atoms with Crippen molar-refractivity contribution in [2.75, 3.05) is 29.6 Å². The first-order valence-electron chi connectivity index (χ1n) is 7.83. The lowest BCUT2D eigenvalue weighted by Gasteiger charge is -2.13. The molecule has 0 aromatic heterocycles. The molecule has 0 unspecified atom stereocenters. The average molecular weight is 374 g/mol. The molecule has 2 aromatic carbocycles. The van der Waals surface area contributed by atoms with Gasteiger partial charge in [0.25, 0.3) is 5.91 Å². The number of benzene rings is 2. The van der Waals surface area contributed by atoms with Gasteiger partial charge in [-0.15, -0.1) is 0 Å². The number of nitrogens with one attached hydrogen (secondary N) is 2. The highest BCUT2D eigenvalue weighted by Gasteiger charge is 2.30. The van der Waals surface area contributed by atoms with E-state index in [9.17, 15) is 23.2 Å². The van der Waals surface area contributed by atoms with E-state index < -0.39 is 17.6 Å². The molecule has 8 heteroatoms. The Bertz CT molecular complexity index is 898. The van der Waals surface area contributed by atoms with E-state index in [-0.39, 0.29) is 11.3 Å². The third kappa shape index (κ3) is 5.51. The minimum atomic E-state index is -4.52. The Hall–Kier alpha value is -3.47. The monoisotopic (exact) mass is 374 g/mol. The van der Waals surface area contributed by atoms with Crippen LogP contribution in [0.5, 0.6) is 0 Å². The summed E-state index contributed by atoms with van der Waals surface area (Å²) in [5.41, 5.74) is 0.357. The van der Waals surface area contributed by atoms with E-state index in [0.29, 0.717) is 5.69 Å². The van der Waals surface area contributed by atoms with Gasteiger partial charge in [-0.25, -0.2) is 0 Å². The van der Waals surface area contributed by atoms with Crippen LogP contribution in [0.1, 0.15) is 5.56 Å². The maximum absolute atomic E-state index is 12.7. The fourth-order valence-corrected chi connectivity index (χ4v) is 2.15. The zero-order valence-corrected chi connectivity index (χ0v) is 14.6. The van der Waals surface area contributed by atoms with Gasteiger partial charge in [-0.05, 0) is 36.4 Å². The lowest BCUT2D eigenvalue weighted by Crippen LogP contribution is -2.15. The van der Waals surface area contributed by atoms with Crippen LogP contribution in [0.3, 0.4) is 0 Å². The first kappa shape index (κ1) is 19.8. The molecule has 0 saturated heterocycles. The molecule has 2 rings (SSSR count). The van der Waals surface area contributed by atoms with Crippen LogP contribution in [0.25, 0.3) is 0 Å². The number of carbonyl (C=O) groups excluding carboxylic acids is 1. The molecular weight excluding hydrogens is 357 g/mol. The van der Waals surface area contributed by atoms with Crippen molar-refractivity contribution in [1.82, 2.24) is 0 Å². The van der Waals surface area contributed by atoms with Gasteiger partial charge < -0.3 is 15.5 Å². The van der Waals surface area contributed by atoms with Crippen LogP contribution in [0.2, 0.25) is 0 Å². The highest BCUT2D eigenvalue weighted by atomic mass is 19.4. The minimum Gasteiger partial charge on any atom is -0.378 e. The Balaban J connectivity index is 2.13. The Morgan fingerprint density at radius 2 is 1.78 bits per heavy atom. The lowest BCUT2D eigenvalue weighted by atomic mass is 10.2. The molecule has 0 spiro atoms. The Morgan fingerprint density at radius 3 is 2.41 bits per heavy atom. The Labute approximate surface area is 154 Å². The van der Waals surface area contributed by atoms with E-state index in [2.05, 4.69) is 10.6 Å². The summed E-state index contributed by atoms with van der Waals surface area (Å²) in [7, 11) is 3.75. The summed E-state index contributed by atoms with van der Waals surface area (Å²) in [5, 5.41) is 14.3. The molecule has 5 nitrogen and oxygen atoms in total. The van der Waals surface area contributed by atoms with Gasteiger partial charge in [-0.3, -0.25) is 4.79 Å². The largest absolute Gasteiger partial charge is 0.416 e. The zero-order chi connectivity index (χ0) is 20.0. The van der Waals surface area contributed by atoms with Gasteiger partial charge in [-0.2, -0.15) is 18.4 Å². The smallest absolute Gasteiger partial charge is 0.378 e. The molecule has 0 heterocycles. The standard InChI is InChI=1S/C19H17F3N4O/c1-26(2)17-8-4-6-15(10-17)24-12-13(11-23)18(27)25-16-7-3-5-14(9-16)19(20,21)22/h3-10,12,24H,1-2H3,(H,25,27)/b13-12-. The SMILES string of the molecule is CN(C)c1cccc(N/C=C(/C#N)C(=O)Nc2cccc(C(F)(F)F)c2)c1. The number of hydrogen-bond donors (Lipinski definition) is 2. The van der Waals surface area contributed by atoms with Gasteiger partial charge in [0.05, 0.1) is 5.56 Å². The molecule has 0 atom stereocenters. The second kappa shape index (κ2) is 8.27. The van der Waals surface area contributed by atoms with Crippen molar-refractivity contribution in [3.63, 3.8) is 0 Å². The van der Waals surface area contributed by atoms with Crippen LogP contribution >= 0.6 is 0 Å². The molecule has 2 aromatic rings. The summed E-state index contributed by atoms with van der Waals surface area (Å²) in [6, 6.07) is 13.2. The molecule has 0 aliphatic carbocycles. The number of rotatable bonds is 5. The van der Waals surface area contributed by atoms with E-state index in [1.54, 1.807) is 18.2 Å². The Kier molecular flexibility index (Phi) is 6.08. The van der Waals surface area contributed by atoms with Gasteiger partial charge >= 0.3 is 6.18 Å². The maximum atomic E-state index is 12.7. The van der Waals surface area contributed by atoms with Crippen molar-refractivity contribution < 1.29 is 18.0 Å². The summed E-state index contributed by atoms with van der Waals surface area (Å²) in [6.45, 7) is 0. The van der Waals surface area contributed by atoms with Gasteiger partial charge in [-0.1, -0.05) is 12.1 Å². The van der Waals surface area contributed by atoms with Gasteiger partial charge in [0.1, 0.15) is 11.6 Å². The first-order valence-corrected chi connectivity index (χ1v) is 7.83. The molecule has 0 aliphatic rings. The number of alkyl halides is 3. The molecule has 0 fully saturated rings. The molecule has 2 N–H and O–H groups in total. The summed E-state index contributed by atoms with van der Waals surface area (Å²) >= 11 is 0. The second-order valence-electron chi connectivity index (χ2n) is 5.79. The van der Waals surface area contributed by atoms with E-state index >= 15 is 0 Å². The number of halogens is 3. The predicted octanol–water partition coefficient (Wildman–Crippen LogP) is 4.23. The van der Waals surface area contributed by atoms with E-state index in [4.69, 9.17) is 0 Å². The number of amides is 1. The average Bonchev–Trinajstić information content (AvgIpc) is 2.62. The molecular formula is C19H17F3N4O. The number of nitriles is 1. The van der Waals surface area contributed by atoms with Crippen LogP contribution in [0, 0.1) is 11.3 Å².